The van der Waals surface area contributed by atoms with Crippen LogP contribution >= 0.6 is 0 Å². The fraction of sp³-hybridized carbons (Fsp3) is 0.333. The second-order valence-corrected chi connectivity index (χ2v) is 8.24. The Morgan fingerprint density at radius 1 is 1.32 bits per heavy atom. The molecule has 3 N–H and O–H groups in total. The first kappa shape index (κ1) is 28.3. The normalized spacial score (nSPS) is 17.8. The third-order valence-electron chi connectivity index (χ3n) is 5.68. The molecule has 0 bridgehead atoms. The minimum Gasteiger partial charge on any atom is -0.489 e. The number of amides is 2. The van der Waals surface area contributed by atoms with Gasteiger partial charge in [0.15, 0.2) is 5.76 Å². The van der Waals surface area contributed by atoms with Gasteiger partial charge in [-0.25, -0.2) is 4.99 Å². The van der Waals surface area contributed by atoms with Crippen molar-refractivity contribution in [3.63, 3.8) is 0 Å². The second-order valence-electron chi connectivity index (χ2n) is 8.24. The number of fused-ring (bicyclic) bond motifs is 1. The molecule has 1 aromatic heterocycles. The lowest BCUT2D eigenvalue weighted by atomic mass is 10.0. The van der Waals surface area contributed by atoms with E-state index in [1.54, 1.807) is 19.0 Å². The van der Waals surface area contributed by atoms with Gasteiger partial charge in [-0.15, -0.1) is 0 Å². The number of carbonyl (C=O) groups is 2. The van der Waals surface area contributed by atoms with E-state index >= 15 is 0 Å². The maximum atomic E-state index is 12.6. The first-order chi connectivity index (χ1) is 18.4. The number of hydrogen-bond acceptors (Lipinski definition) is 8. The van der Waals surface area contributed by atoms with Crippen molar-refractivity contribution in [2.75, 3.05) is 38.8 Å². The Labute approximate surface area is 220 Å². The average Bonchev–Trinajstić information content (AvgIpc) is 3.06. The van der Waals surface area contributed by atoms with Crippen LogP contribution in [-0.2, 0) is 14.3 Å². The van der Waals surface area contributed by atoms with Crippen LogP contribution in [-0.4, -0.2) is 63.5 Å². The van der Waals surface area contributed by atoms with Gasteiger partial charge in [-0.3, -0.25) is 9.59 Å². The number of allylic oxidation sites excluding steroid dienone is 1. The van der Waals surface area contributed by atoms with Crippen molar-refractivity contribution in [1.29, 1.82) is 0 Å². The summed E-state index contributed by atoms with van der Waals surface area (Å²) in [7, 11) is 3.54. The molecule has 11 heteroatoms. The highest BCUT2D eigenvalue weighted by Gasteiger charge is 2.28. The highest BCUT2D eigenvalue weighted by Crippen LogP contribution is 2.31. The third-order valence-corrected chi connectivity index (χ3v) is 5.68. The number of ether oxygens (including phenoxy) is 3. The maximum Gasteiger partial charge on any atom is 0.247 e. The number of rotatable bonds is 5. The van der Waals surface area contributed by atoms with Gasteiger partial charge in [0.1, 0.15) is 18.4 Å². The number of aromatic nitrogens is 1. The molecule has 3 heterocycles. The Balaban J connectivity index is 0.000000232. The molecule has 2 aromatic rings. The molecule has 1 unspecified atom stereocenters. The number of benzene rings is 1. The van der Waals surface area contributed by atoms with E-state index in [1.165, 1.54) is 18.2 Å². The number of pyridine rings is 1. The molecule has 2 aliphatic heterocycles. The van der Waals surface area contributed by atoms with Crippen molar-refractivity contribution in [2.24, 2.45) is 16.6 Å². The van der Waals surface area contributed by atoms with Crippen molar-refractivity contribution >= 4 is 24.2 Å². The number of aliphatic imine (C=N–C) groups is 1. The molecule has 0 saturated carbocycles. The summed E-state index contributed by atoms with van der Waals surface area (Å²) in [6, 6.07) is 9.50. The molecule has 1 fully saturated rings. The van der Waals surface area contributed by atoms with Crippen molar-refractivity contribution in [3.05, 3.63) is 59.9 Å². The fourth-order valence-corrected chi connectivity index (χ4v) is 3.58. The van der Waals surface area contributed by atoms with Crippen LogP contribution in [0.2, 0.25) is 0 Å². The number of carbonyl (C=O) groups excluding carboxylic acids is 2. The average molecular weight is 524 g/mol. The molecule has 38 heavy (non-hydrogen) atoms. The van der Waals surface area contributed by atoms with E-state index in [0.29, 0.717) is 18.9 Å². The molecule has 2 aliphatic rings. The van der Waals surface area contributed by atoms with Gasteiger partial charge in [0.2, 0.25) is 24.1 Å². The Bertz CT molecular complexity index is 1230. The van der Waals surface area contributed by atoms with Gasteiger partial charge in [0.25, 0.3) is 0 Å². The molecule has 10 nitrogen and oxygen atoms in total. The first-order valence-electron chi connectivity index (χ1n) is 11.9. The Morgan fingerprint density at radius 2 is 2.11 bits per heavy atom. The molecule has 1 aromatic carbocycles. The van der Waals surface area contributed by atoms with E-state index in [2.05, 4.69) is 27.1 Å². The number of likely N-dealkylation sites (N-methyl/N-ethyl adjacent to an activating group) is 2. The summed E-state index contributed by atoms with van der Waals surface area (Å²) in [5, 5.41) is 2.99. The van der Waals surface area contributed by atoms with E-state index in [9.17, 15) is 14.0 Å². The fourth-order valence-electron chi connectivity index (χ4n) is 3.58. The van der Waals surface area contributed by atoms with Crippen LogP contribution in [0, 0.1) is 23.7 Å². The molecule has 200 valence electrons. The number of hydrogen-bond donors (Lipinski definition) is 2. The lowest BCUT2D eigenvalue weighted by molar-refractivity contribution is -0.120. The standard InChI is InChI=1S/C18H22N2O3.C9H8FN3O2/c1-19-15-12-23-17-6-5-14(11-16(17)20(2)18(15)21)4-3-13-7-9-22-10-8-13;10-8-2-1-3-9(13-8)15-7(4-11)5-12-6-14/h5-6,11,13,15,19H,7-10,12H2,1-2H3;1-6H,11H2/b;7-4+,12-5?. The van der Waals surface area contributed by atoms with Crippen LogP contribution < -0.4 is 25.4 Å². The summed E-state index contributed by atoms with van der Waals surface area (Å²) in [4.78, 5) is 30.7. The van der Waals surface area contributed by atoms with Crippen LogP contribution in [0.15, 0.2) is 53.3 Å². The first-order valence-corrected chi connectivity index (χ1v) is 11.9. The minimum absolute atomic E-state index is 0.000730. The maximum absolute atomic E-state index is 12.6. The van der Waals surface area contributed by atoms with Crippen molar-refractivity contribution in [3.8, 4) is 23.5 Å². The molecule has 1 saturated heterocycles. The van der Waals surface area contributed by atoms with E-state index < -0.39 is 5.95 Å². The summed E-state index contributed by atoms with van der Waals surface area (Å²) in [5.74, 6) is 7.12. The summed E-state index contributed by atoms with van der Waals surface area (Å²) in [5.41, 5.74) is 6.86. The number of halogens is 1. The highest BCUT2D eigenvalue weighted by atomic mass is 19.1. The summed E-state index contributed by atoms with van der Waals surface area (Å²) in [6.45, 7) is 1.92. The van der Waals surface area contributed by atoms with Gasteiger partial charge in [-0.1, -0.05) is 17.9 Å². The largest absolute Gasteiger partial charge is 0.489 e. The van der Waals surface area contributed by atoms with Crippen LogP contribution in [0.25, 0.3) is 0 Å². The summed E-state index contributed by atoms with van der Waals surface area (Å²) >= 11 is 0. The summed E-state index contributed by atoms with van der Waals surface area (Å²) < 4.78 is 28.8. The van der Waals surface area contributed by atoms with E-state index in [1.807, 2.05) is 18.2 Å². The summed E-state index contributed by atoms with van der Waals surface area (Å²) in [6.07, 6.45) is 4.48. The number of nitrogens with one attached hydrogen (secondary N) is 1. The lowest BCUT2D eigenvalue weighted by Gasteiger charge is -2.19. The molecule has 0 spiro atoms. The smallest absolute Gasteiger partial charge is 0.247 e. The predicted molar refractivity (Wildman–Crippen MR) is 140 cm³/mol. The molecule has 2 amide bonds. The SMILES string of the molecule is CNC1COc2ccc(C#CC3CCOCC3)cc2N(C)C1=O.N/C=C(\C=NC=O)Oc1cccc(F)n1. The van der Waals surface area contributed by atoms with Crippen molar-refractivity contribution in [2.45, 2.75) is 18.9 Å². The third kappa shape index (κ3) is 8.12. The Hall–Kier alpha value is -4.27. The number of nitrogens with two attached hydrogens (primary N) is 1. The van der Waals surface area contributed by atoms with E-state index in [0.717, 1.165) is 55.5 Å². The van der Waals surface area contributed by atoms with Crippen LogP contribution in [0.1, 0.15) is 18.4 Å². The van der Waals surface area contributed by atoms with Crippen LogP contribution in [0.5, 0.6) is 11.6 Å². The van der Waals surface area contributed by atoms with Gasteiger partial charge in [0.05, 0.1) is 11.9 Å². The number of nitrogens with zero attached hydrogens (tertiary/aromatic N) is 3. The van der Waals surface area contributed by atoms with Crippen molar-refractivity contribution < 1.29 is 28.2 Å². The number of anilines is 1. The zero-order chi connectivity index (χ0) is 27.3. The zero-order valence-corrected chi connectivity index (χ0v) is 21.2. The highest BCUT2D eigenvalue weighted by molar-refractivity contribution is 5.99. The quantitative estimate of drug-likeness (QED) is 0.200. The molecular formula is C27H30FN5O5. The Kier molecular flexibility index (Phi) is 10.8. The monoisotopic (exact) mass is 523 g/mol. The molecule has 4 rings (SSSR count). The van der Waals surface area contributed by atoms with E-state index in [-0.39, 0.29) is 23.6 Å². The van der Waals surface area contributed by atoms with E-state index in [4.69, 9.17) is 19.9 Å². The Morgan fingerprint density at radius 3 is 2.79 bits per heavy atom. The van der Waals surface area contributed by atoms with Gasteiger partial charge >= 0.3 is 0 Å². The van der Waals surface area contributed by atoms with Gasteiger partial charge < -0.3 is 30.2 Å². The van der Waals surface area contributed by atoms with Crippen molar-refractivity contribution in [1.82, 2.24) is 10.3 Å². The predicted octanol–water partition coefficient (Wildman–Crippen LogP) is 2.03. The minimum atomic E-state index is -0.670. The topological polar surface area (TPSA) is 128 Å². The lowest BCUT2D eigenvalue weighted by Crippen LogP contribution is -2.45. The van der Waals surface area contributed by atoms with Crippen LogP contribution in [0.3, 0.4) is 0 Å². The van der Waals surface area contributed by atoms with Crippen LogP contribution in [0.4, 0.5) is 10.1 Å². The van der Waals surface area contributed by atoms with Gasteiger partial charge in [-0.2, -0.15) is 9.37 Å². The second kappa shape index (κ2) is 14.5. The van der Waals surface area contributed by atoms with Gasteiger partial charge in [0, 0.05) is 44.0 Å². The molecule has 0 aliphatic carbocycles. The molecule has 1 atom stereocenters. The molecular weight excluding hydrogens is 493 g/mol. The zero-order valence-electron chi connectivity index (χ0n) is 21.2. The molecule has 0 radical (unpaired) electrons. The van der Waals surface area contributed by atoms with Gasteiger partial charge in [-0.05, 0) is 44.2 Å².